The van der Waals surface area contributed by atoms with Gasteiger partial charge >= 0.3 is 11.9 Å². The Balaban J connectivity index is 0.000000612. The highest BCUT2D eigenvalue weighted by molar-refractivity contribution is 6.27. The number of carboxylic acids is 2. The highest BCUT2D eigenvalue weighted by atomic mass is 16.4. The average molecular weight is 400 g/mol. The number of amides is 1. The van der Waals surface area contributed by atoms with Crippen LogP contribution in [0, 0.1) is 0 Å². The van der Waals surface area contributed by atoms with E-state index in [1.807, 2.05) is 42.3 Å². The second-order valence-corrected chi connectivity index (χ2v) is 6.75. The van der Waals surface area contributed by atoms with Gasteiger partial charge in [-0.15, -0.1) is 0 Å². The van der Waals surface area contributed by atoms with Gasteiger partial charge in [0.2, 0.25) is 5.91 Å². The summed E-state index contributed by atoms with van der Waals surface area (Å²) >= 11 is 0. The van der Waals surface area contributed by atoms with Gasteiger partial charge in [-0.1, -0.05) is 56.3 Å². The molecule has 0 heterocycles. The first-order valence-electron chi connectivity index (χ1n) is 9.31. The summed E-state index contributed by atoms with van der Waals surface area (Å²) in [4.78, 5) is 32.3. The molecule has 3 N–H and O–H groups in total. The molecule has 29 heavy (non-hydrogen) atoms. The summed E-state index contributed by atoms with van der Waals surface area (Å²) in [5, 5.41) is 17.7. The molecule has 0 fully saturated rings. The van der Waals surface area contributed by atoms with Crippen molar-refractivity contribution in [3.05, 3.63) is 65.7 Å². The zero-order valence-corrected chi connectivity index (χ0v) is 17.0. The molecule has 2 aromatic carbocycles. The van der Waals surface area contributed by atoms with E-state index in [2.05, 4.69) is 43.4 Å². The van der Waals surface area contributed by atoms with Gasteiger partial charge < -0.3 is 15.5 Å². The quantitative estimate of drug-likeness (QED) is 0.615. The van der Waals surface area contributed by atoms with Crippen molar-refractivity contribution in [2.75, 3.05) is 18.9 Å². The van der Waals surface area contributed by atoms with Crippen molar-refractivity contribution in [3.63, 3.8) is 0 Å². The summed E-state index contributed by atoms with van der Waals surface area (Å²) in [6.07, 6.45) is 1.12. The SMILES string of the molecule is CCC(C)c1ccc(NC(=O)CN(C)Cc2ccccc2)cc1.O=C(O)C(=O)O. The molecule has 2 rings (SSSR count). The minimum absolute atomic E-state index is 0.0136. The molecule has 156 valence electrons. The van der Waals surface area contributed by atoms with Crippen LogP contribution in [0.3, 0.4) is 0 Å². The fourth-order valence-corrected chi connectivity index (χ4v) is 2.53. The zero-order chi connectivity index (χ0) is 21.8. The summed E-state index contributed by atoms with van der Waals surface area (Å²) in [6, 6.07) is 18.3. The average Bonchev–Trinajstić information content (AvgIpc) is 2.68. The second-order valence-electron chi connectivity index (χ2n) is 6.75. The Morgan fingerprint density at radius 1 is 0.966 bits per heavy atom. The maximum atomic E-state index is 12.1. The molecule has 0 aliphatic heterocycles. The third kappa shape index (κ3) is 9.53. The first kappa shape index (κ1) is 23.8. The Morgan fingerprint density at radius 2 is 1.52 bits per heavy atom. The van der Waals surface area contributed by atoms with Crippen molar-refractivity contribution in [2.24, 2.45) is 0 Å². The van der Waals surface area contributed by atoms with Crippen molar-refractivity contribution in [1.29, 1.82) is 0 Å². The molecule has 0 spiro atoms. The zero-order valence-electron chi connectivity index (χ0n) is 17.0. The first-order valence-corrected chi connectivity index (χ1v) is 9.31. The molecule has 0 aliphatic rings. The minimum Gasteiger partial charge on any atom is -0.473 e. The van der Waals surface area contributed by atoms with Gasteiger partial charge in [-0.2, -0.15) is 0 Å². The largest absolute Gasteiger partial charge is 0.473 e. The van der Waals surface area contributed by atoms with Crippen molar-refractivity contribution >= 4 is 23.5 Å². The Kier molecular flexibility index (Phi) is 10.1. The molecule has 1 amide bonds. The lowest BCUT2D eigenvalue weighted by molar-refractivity contribution is -0.159. The van der Waals surface area contributed by atoms with Crippen LogP contribution in [-0.4, -0.2) is 46.6 Å². The van der Waals surface area contributed by atoms with E-state index in [1.54, 1.807) is 0 Å². The lowest BCUT2D eigenvalue weighted by atomic mass is 9.99. The van der Waals surface area contributed by atoms with E-state index >= 15 is 0 Å². The normalized spacial score (nSPS) is 11.2. The van der Waals surface area contributed by atoms with Crippen molar-refractivity contribution < 1.29 is 24.6 Å². The highest BCUT2D eigenvalue weighted by Crippen LogP contribution is 2.20. The molecule has 0 aliphatic carbocycles. The lowest BCUT2D eigenvalue weighted by Crippen LogP contribution is -2.29. The number of hydrogen-bond donors (Lipinski definition) is 3. The van der Waals surface area contributed by atoms with E-state index in [1.165, 1.54) is 11.1 Å². The smallest absolute Gasteiger partial charge is 0.414 e. The molecule has 1 unspecified atom stereocenters. The summed E-state index contributed by atoms with van der Waals surface area (Å²) < 4.78 is 0. The number of likely N-dealkylation sites (N-methyl/N-ethyl adjacent to an activating group) is 1. The number of nitrogens with one attached hydrogen (secondary N) is 1. The fraction of sp³-hybridized carbons (Fsp3) is 0.318. The molecule has 7 nitrogen and oxygen atoms in total. The molecular weight excluding hydrogens is 372 g/mol. The predicted octanol–water partition coefficient (Wildman–Crippen LogP) is 3.43. The van der Waals surface area contributed by atoms with Crippen molar-refractivity contribution in [1.82, 2.24) is 4.90 Å². The Bertz CT molecular complexity index is 779. The van der Waals surface area contributed by atoms with Crippen LogP contribution in [-0.2, 0) is 20.9 Å². The number of carbonyl (C=O) groups excluding carboxylic acids is 1. The molecule has 0 aromatic heterocycles. The first-order chi connectivity index (χ1) is 13.7. The van der Waals surface area contributed by atoms with Crippen LogP contribution in [0.1, 0.15) is 37.3 Å². The topological polar surface area (TPSA) is 107 Å². The number of hydrogen-bond acceptors (Lipinski definition) is 4. The van der Waals surface area contributed by atoms with Crippen LogP contribution in [0.25, 0.3) is 0 Å². The molecule has 7 heteroatoms. The summed E-state index contributed by atoms with van der Waals surface area (Å²) in [6.45, 7) is 5.54. The van der Waals surface area contributed by atoms with E-state index in [9.17, 15) is 4.79 Å². The number of aliphatic carboxylic acids is 2. The van der Waals surface area contributed by atoms with Crippen LogP contribution < -0.4 is 5.32 Å². The van der Waals surface area contributed by atoms with Crippen LogP contribution in [0.2, 0.25) is 0 Å². The van der Waals surface area contributed by atoms with Gasteiger partial charge in [0.1, 0.15) is 0 Å². The minimum atomic E-state index is -1.82. The maximum absolute atomic E-state index is 12.1. The molecule has 0 radical (unpaired) electrons. The number of carboxylic acid groups (broad SMARTS) is 2. The van der Waals surface area contributed by atoms with Gasteiger partial charge in [0.15, 0.2) is 0 Å². The highest BCUT2D eigenvalue weighted by Gasteiger charge is 2.08. The number of anilines is 1. The molecule has 0 saturated carbocycles. The van der Waals surface area contributed by atoms with E-state index in [4.69, 9.17) is 19.8 Å². The predicted molar refractivity (Wildman–Crippen MR) is 112 cm³/mol. The van der Waals surface area contributed by atoms with Gasteiger partial charge in [0, 0.05) is 12.2 Å². The molecular formula is C22H28N2O5. The number of carbonyl (C=O) groups is 3. The molecule has 2 aromatic rings. The Labute approximate surface area is 171 Å². The van der Waals surface area contributed by atoms with E-state index in [0.29, 0.717) is 12.5 Å². The number of benzene rings is 2. The standard InChI is InChI=1S/C20H26N2O.C2H2O4/c1-4-16(2)18-10-12-19(13-11-18)21-20(23)15-22(3)14-17-8-6-5-7-9-17;3-1(4)2(5)6/h5-13,16H,4,14-15H2,1-3H3,(H,21,23);(H,3,4)(H,5,6). The molecule has 1 atom stereocenters. The molecule has 0 saturated heterocycles. The molecule has 0 bridgehead atoms. The van der Waals surface area contributed by atoms with Crippen LogP contribution >= 0.6 is 0 Å². The van der Waals surface area contributed by atoms with Gasteiger partial charge in [-0.25, -0.2) is 9.59 Å². The summed E-state index contributed by atoms with van der Waals surface area (Å²) in [7, 11) is 1.96. The van der Waals surface area contributed by atoms with E-state index in [-0.39, 0.29) is 5.91 Å². The summed E-state index contributed by atoms with van der Waals surface area (Å²) in [5.41, 5.74) is 3.38. The van der Waals surface area contributed by atoms with Crippen LogP contribution in [0.4, 0.5) is 5.69 Å². The van der Waals surface area contributed by atoms with Gasteiger partial charge in [0.25, 0.3) is 0 Å². The Hall–Kier alpha value is -3.19. The second kappa shape index (κ2) is 12.3. The van der Waals surface area contributed by atoms with Crippen molar-refractivity contribution in [2.45, 2.75) is 32.7 Å². The third-order valence-corrected chi connectivity index (χ3v) is 4.27. The summed E-state index contributed by atoms with van der Waals surface area (Å²) in [5.74, 6) is -3.08. The monoisotopic (exact) mass is 400 g/mol. The Morgan fingerprint density at radius 3 is 2.00 bits per heavy atom. The van der Waals surface area contributed by atoms with Gasteiger partial charge in [-0.3, -0.25) is 9.69 Å². The number of rotatable bonds is 7. The van der Waals surface area contributed by atoms with E-state index in [0.717, 1.165) is 18.7 Å². The van der Waals surface area contributed by atoms with Gasteiger partial charge in [-0.05, 0) is 42.6 Å². The lowest BCUT2D eigenvalue weighted by Gasteiger charge is -2.16. The van der Waals surface area contributed by atoms with E-state index < -0.39 is 11.9 Å². The van der Waals surface area contributed by atoms with Crippen LogP contribution in [0.5, 0.6) is 0 Å². The van der Waals surface area contributed by atoms with Crippen molar-refractivity contribution in [3.8, 4) is 0 Å². The fourth-order valence-electron chi connectivity index (χ4n) is 2.53. The number of nitrogens with zero attached hydrogens (tertiary/aromatic N) is 1. The maximum Gasteiger partial charge on any atom is 0.414 e. The third-order valence-electron chi connectivity index (χ3n) is 4.27. The van der Waals surface area contributed by atoms with Gasteiger partial charge in [0.05, 0.1) is 6.54 Å². The van der Waals surface area contributed by atoms with Crippen LogP contribution in [0.15, 0.2) is 54.6 Å².